The van der Waals surface area contributed by atoms with E-state index < -0.39 is 26.7 Å². The predicted octanol–water partition coefficient (Wildman–Crippen LogP) is 3.72. The smallest absolute Gasteiger partial charge is 0.383 e. The van der Waals surface area contributed by atoms with Crippen molar-refractivity contribution in [1.82, 2.24) is 4.90 Å². The number of primary sulfonamides is 1. The molecule has 1 unspecified atom stereocenters. The van der Waals surface area contributed by atoms with Gasteiger partial charge in [0.25, 0.3) is 0 Å². The van der Waals surface area contributed by atoms with E-state index in [1.807, 2.05) is 31.1 Å². The molecule has 1 atom stereocenters. The number of nitrogens with zero attached hydrogens (tertiary/aromatic N) is 1. The maximum atomic E-state index is 13.2. The van der Waals surface area contributed by atoms with E-state index >= 15 is 0 Å². The second-order valence-electron chi connectivity index (χ2n) is 6.17. The zero-order valence-corrected chi connectivity index (χ0v) is 16.2. The minimum atomic E-state index is -4.85. The molecule has 0 aliphatic heterocycles. The van der Waals surface area contributed by atoms with Crippen molar-refractivity contribution in [3.63, 3.8) is 0 Å². The number of nitrogens with two attached hydrogens (primary N) is 1. The number of halogens is 4. The third-order valence-corrected chi connectivity index (χ3v) is 5.19. The van der Waals surface area contributed by atoms with Gasteiger partial charge in [-0.25, -0.2) is 13.6 Å². The van der Waals surface area contributed by atoms with Gasteiger partial charge < -0.3 is 10.2 Å². The fraction of sp³-hybridized carbons (Fsp3) is 0.294. The second kappa shape index (κ2) is 8.05. The molecule has 0 spiro atoms. The van der Waals surface area contributed by atoms with Crippen molar-refractivity contribution in [3.05, 3.63) is 58.6 Å². The van der Waals surface area contributed by atoms with Gasteiger partial charge in [0, 0.05) is 17.3 Å². The van der Waals surface area contributed by atoms with Gasteiger partial charge >= 0.3 is 6.18 Å². The van der Waals surface area contributed by atoms with Crippen LogP contribution in [0.15, 0.2) is 47.4 Å². The highest BCUT2D eigenvalue weighted by atomic mass is 35.5. The zero-order chi connectivity index (χ0) is 20.4. The average molecular weight is 422 g/mol. The number of anilines is 1. The van der Waals surface area contributed by atoms with Gasteiger partial charge in [-0.15, -0.1) is 0 Å². The monoisotopic (exact) mass is 421 g/mol. The normalized spacial score (nSPS) is 13.6. The van der Waals surface area contributed by atoms with Crippen molar-refractivity contribution in [1.29, 1.82) is 0 Å². The maximum Gasteiger partial charge on any atom is 0.417 e. The molecular weight excluding hydrogens is 403 g/mol. The van der Waals surface area contributed by atoms with Crippen LogP contribution in [0.4, 0.5) is 18.9 Å². The number of hydrogen-bond acceptors (Lipinski definition) is 4. The summed E-state index contributed by atoms with van der Waals surface area (Å²) in [4.78, 5) is 0.946. The summed E-state index contributed by atoms with van der Waals surface area (Å²) in [6.45, 7) is 0.292. The first kappa shape index (κ1) is 21.5. The fourth-order valence-corrected chi connectivity index (χ4v) is 3.47. The molecule has 0 fully saturated rings. The van der Waals surface area contributed by atoms with Crippen LogP contribution >= 0.6 is 11.6 Å². The van der Waals surface area contributed by atoms with Crippen molar-refractivity contribution < 1.29 is 21.6 Å². The van der Waals surface area contributed by atoms with E-state index in [1.165, 1.54) is 6.07 Å². The topological polar surface area (TPSA) is 75.4 Å². The lowest BCUT2D eigenvalue weighted by molar-refractivity contribution is -0.139. The van der Waals surface area contributed by atoms with Gasteiger partial charge in [-0.3, -0.25) is 0 Å². The Balaban J connectivity index is 2.29. The van der Waals surface area contributed by atoms with E-state index in [9.17, 15) is 21.6 Å². The molecule has 27 heavy (non-hydrogen) atoms. The Labute approximate surface area is 161 Å². The van der Waals surface area contributed by atoms with Gasteiger partial charge in [-0.1, -0.05) is 23.7 Å². The Morgan fingerprint density at radius 2 is 1.74 bits per heavy atom. The number of sulfonamides is 1. The highest BCUT2D eigenvalue weighted by molar-refractivity contribution is 7.89. The number of nitrogens with one attached hydrogen (secondary N) is 1. The van der Waals surface area contributed by atoms with Crippen LogP contribution in [-0.4, -0.2) is 34.0 Å². The molecule has 10 heteroatoms. The predicted molar refractivity (Wildman–Crippen MR) is 99.2 cm³/mol. The van der Waals surface area contributed by atoms with Crippen molar-refractivity contribution >= 4 is 27.3 Å². The van der Waals surface area contributed by atoms with Crippen molar-refractivity contribution in [2.45, 2.75) is 17.1 Å². The van der Waals surface area contributed by atoms with Crippen molar-refractivity contribution in [3.8, 4) is 0 Å². The van der Waals surface area contributed by atoms with Crippen LogP contribution < -0.4 is 10.5 Å². The van der Waals surface area contributed by atoms with Crippen LogP contribution in [0.25, 0.3) is 0 Å². The summed E-state index contributed by atoms with van der Waals surface area (Å²) >= 11 is 5.89. The van der Waals surface area contributed by atoms with Gasteiger partial charge in [0.05, 0.1) is 16.5 Å². The lowest BCUT2D eigenvalue weighted by atomic mass is 10.1. The summed E-state index contributed by atoms with van der Waals surface area (Å²) in [5.41, 5.74) is -0.243. The average Bonchev–Trinajstić information content (AvgIpc) is 2.54. The Hall–Kier alpha value is -1.81. The third-order valence-electron chi connectivity index (χ3n) is 3.97. The summed E-state index contributed by atoms with van der Waals surface area (Å²) < 4.78 is 62.5. The first-order chi connectivity index (χ1) is 12.4. The Kier molecular flexibility index (Phi) is 6.41. The lowest BCUT2D eigenvalue weighted by Crippen LogP contribution is -2.27. The molecule has 0 amide bonds. The Morgan fingerprint density at radius 3 is 2.22 bits per heavy atom. The molecule has 2 rings (SSSR count). The number of likely N-dealkylation sites (N-methyl/N-ethyl adjacent to an activating group) is 1. The lowest BCUT2D eigenvalue weighted by Gasteiger charge is -2.26. The van der Waals surface area contributed by atoms with Gasteiger partial charge in [-0.05, 0) is 50.0 Å². The van der Waals surface area contributed by atoms with Crippen LogP contribution in [-0.2, 0) is 16.2 Å². The molecule has 2 aromatic rings. The highest BCUT2D eigenvalue weighted by Gasteiger charge is 2.36. The highest BCUT2D eigenvalue weighted by Crippen LogP contribution is 2.35. The summed E-state index contributed by atoms with van der Waals surface area (Å²) in [5, 5.41) is 8.39. The number of hydrogen-bond donors (Lipinski definition) is 2. The van der Waals surface area contributed by atoms with E-state index in [1.54, 1.807) is 12.1 Å². The van der Waals surface area contributed by atoms with E-state index in [4.69, 9.17) is 16.7 Å². The van der Waals surface area contributed by atoms with Crippen molar-refractivity contribution in [2.75, 3.05) is 26.0 Å². The van der Waals surface area contributed by atoms with Gasteiger partial charge in [0.15, 0.2) is 0 Å². The zero-order valence-electron chi connectivity index (χ0n) is 14.6. The molecule has 2 aromatic carbocycles. The number of rotatable bonds is 6. The summed E-state index contributed by atoms with van der Waals surface area (Å²) in [6, 6.07) is 9.84. The summed E-state index contributed by atoms with van der Waals surface area (Å²) in [7, 11) is -0.815. The molecule has 148 valence electrons. The molecule has 0 saturated heterocycles. The minimum Gasteiger partial charge on any atom is -0.383 e. The quantitative estimate of drug-likeness (QED) is 0.745. The molecule has 0 saturated carbocycles. The molecule has 0 heterocycles. The van der Waals surface area contributed by atoms with E-state index in [2.05, 4.69) is 5.32 Å². The Bertz CT molecular complexity index is 901. The molecule has 5 nitrogen and oxygen atoms in total. The number of alkyl halides is 3. The van der Waals surface area contributed by atoms with Crippen LogP contribution in [0.2, 0.25) is 5.02 Å². The fourth-order valence-electron chi connectivity index (χ4n) is 2.61. The number of benzene rings is 2. The maximum absolute atomic E-state index is 13.2. The van der Waals surface area contributed by atoms with E-state index in [-0.39, 0.29) is 11.7 Å². The largest absolute Gasteiger partial charge is 0.417 e. The van der Waals surface area contributed by atoms with E-state index in [0.717, 1.165) is 17.7 Å². The first-order valence-electron chi connectivity index (χ1n) is 7.79. The van der Waals surface area contributed by atoms with Gasteiger partial charge in [0.2, 0.25) is 10.0 Å². The van der Waals surface area contributed by atoms with Crippen LogP contribution in [0.1, 0.15) is 17.2 Å². The van der Waals surface area contributed by atoms with Crippen LogP contribution in [0, 0.1) is 0 Å². The third kappa shape index (κ3) is 5.58. The molecule has 0 radical (unpaired) electrons. The SMILES string of the molecule is CN(C)C(CNc1ccc(S(N)(=O)=O)c(C(F)(F)F)c1)c1ccc(Cl)cc1. The van der Waals surface area contributed by atoms with E-state index in [0.29, 0.717) is 11.6 Å². The van der Waals surface area contributed by atoms with Crippen LogP contribution in [0.3, 0.4) is 0 Å². The summed E-state index contributed by atoms with van der Waals surface area (Å²) in [5.74, 6) is 0. The Morgan fingerprint density at radius 1 is 1.15 bits per heavy atom. The summed E-state index contributed by atoms with van der Waals surface area (Å²) in [6.07, 6.45) is -4.85. The molecule has 0 bridgehead atoms. The molecule has 0 aromatic heterocycles. The first-order valence-corrected chi connectivity index (χ1v) is 9.72. The molecule has 0 aliphatic rings. The van der Waals surface area contributed by atoms with Gasteiger partial charge in [0.1, 0.15) is 0 Å². The van der Waals surface area contributed by atoms with Gasteiger partial charge in [-0.2, -0.15) is 13.2 Å². The molecular formula is C17H19ClF3N3O2S. The molecule has 0 aliphatic carbocycles. The molecule has 3 N–H and O–H groups in total. The second-order valence-corrected chi connectivity index (χ2v) is 8.13. The minimum absolute atomic E-state index is 0.135. The standard InChI is InChI=1S/C17H19ClF3N3O2S/c1-24(2)15(11-3-5-12(18)6-4-11)10-23-13-7-8-16(27(22,25)26)14(9-13)17(19,20)21/h3-9,15,23H,10H2,1-2H3,(H2,22,25,26). The van der Waals surface area contributed by atoms with Crippen LogP contribution in [0.5, 0.6) is 0 Å². The van der Waals surface area contributed by atoms with Crippen molar-refractivity contribution in [2.24, 2.45) is 5.14 Å².